The maximum atomic E-state index is 11.6. The molecule has 0 aromatic heterocycles. The average Bonchev–Trinajstić information content (AvgIpc) is 2.16. The number of carbonyl (C=O) groups excluding carboxylic acids is 1. The molecule has 1 aliphatic rings. The first-order valence-electron chi connectivity index (χ1n) is 4.91. The van der Waals surface area contributed by atoms with Gasteiger partial charge in [0, 0.05) is 6.54 Å². The van der Waals surface area contributed by atoms with Crippen molar-refractivity contribution in [1.29, 1.82) is 0 Å². The highest BCUT2D eigenvalue weighted by molar-refractivity contribution is 5.77. The normalized spacial score (nSPS) is 30.1. The molecule has 1 unspecified atom stereocenters. The Morgan fingerprint density at radius 1 is 1.62 bits per heavy atom. The molecule has 0 radical (unpaired) electrons. The predicted molar refractivity (Wildman–Crippen MR) is 51.5 cm³/mol. The molecule has 0 bridgehead atoms. The zero-order valence-electron chi connectivity index (χ0n) is 8.80. The van der Waals surface area contributed by atoms with Crippen molar-refractivity contribution < 1.29 is 9.53 Å². The molecule has 1 aliphatic heterocycles. The van der Waals surface area contributed by atoms with Gasteiger partial charge in [-0.3, -0.25) is 4.79 Å². The monoisotopic (exact) mass is 185 g/mol. The molecule has 1 heterocycles. The molecule has 0 spiro atoms. The van der Waals surface area contributed by atoms with Crippen molar-refractivity contribution in [3.05, 3.63) is 0 Å². The third-order valence-electron chi connectivity index (χ3n) is 3.06. The fraction of sp³-hybridized carbons (Fsp3) is 0.900. The minimum atomic E-state index is -0.234. The number of likely N-dealkylation sites (tertiary alicyclic amines) is 1. The van der Waals surface area contributed by atoms with Gasteiger partial charge in [-0.2, -0.15) is 0 Å². The lowest BCUT2D eigenvalue weighted by molar-refractivity contribution is -0.156. The Labute approximate surface area is 80.1 Å². The van der Waals surface area contributed by atoms with Crippen molar-refractivity contribution in [2.45, 2.75) is 26.2 Å². The van der Waals surface area contributed by atoms with Crippen LogP contribution < -0.4 is 0 Å². The van der Waals surface area contributed by atoms with Gasteiger partial charge in [-0.05, 0) is 32.9 Å². The van der Waals surface area contributed by atoms with Gasteiger partial charge in [-0.1, -0.05) is 6.92 Å². The number of carbonyl (C=O) groups is 1. The van der Waals surface area contributed by atoms with Gasteiger partial charge < -0.3 is 9.64 Å². The number of methoxy groups -OCH3 is 1. The molecule has 1 atom stereocenters. The molecule has 0 amide bonds. The van der Waals surface area contributed by atoms with Crippen LogP contribution in [0.4, 0.5) is 0 Å². The number of esters is 1. The standard InChI is InChI=1S/C10H19NO2/c1-4-10(9(12)13-3)6-5-7-11(2)8-10/h4-8H2,1-3H3. The van der Waals surface area contributed by atoms with E-state index in [1.54, 1.807) is 0 Å². The Bertz CT molecular complexity index is 193. The second kappa shape index (κ2) is 4.09. The second-order valence-corrected chi connectivity index (χ2v) is 3.97. The lowest BCUT2D eigenvalue weighted by Crippen LogP contribution is -2.46. The zero-order chi connectivity index (χ0) is 9.90. The fourth-order valence-electron chi connectivity index (χ4n) is 2.18. The molecule has 0 N–H and O–H groups in total. The van der Waals surface area contributed by atoms with Gasteiger partial charge in [0.05, 0.1) is 12.5 Å². The highest BCUT2D eigenvalue weighted by Gasteiger charge is 2.40. The van der Waals surface area contributed by atoms with E-state index < -0.39 is 0 Å². The lowest BCUT2D eigenvalue weighted by Gasteiger charge is -2.38. The van der Waals surface area contributed by atoms with Crippen molar-refractivity contribution >= 4 is 5.97 Å². The van der Waals surface area contributed by atoms with Gasteiger partial charge in [0.2, 0.25) is 0 Å². The van der Waals surface area contributed by atoms with E-state index in [0.717, 1.165) is 32.4 Å². The Morgan fingerprint density at radius 3 is 2.77 bits per heavy atom. The summed E-state index contributed by atoms with van der Waals surface area (Å²) in [6, 6.07) is 0. The summed E-state index contributed by atoms with van der Waals surface area (Å²) in [7, 11) is 3.54. The van der Waals surface area contributed by atoms with Crippen LogP contribution in [0.1, 0.15) is 26.2 Å². The molecule has 3 nitrogen and oxygen atoms in total. The SMILES string of the molecule is CCC1(C(=O)OC)CCCN(C)C1. The Kier molecular flexibility index (Phi) is 3.31. The van der Waals surface area contributed by atoms with E-state index in [9.17, 15) is 4.79 Å². The van der Waals surface area contributed by atoms with Crippen LogP contribution in [0.5, 0.6) is 0 Å². The minimum Gasteiger partial charge on any atom is -0.469 e. The van der Waals surface area contributed by atoms with Gasteiger partial charge in [0.25, 0.3) is 0 Å². The summed E-state index contributed by atoms with van der Waals surface area (Å²) in [6.07, 6.45) is 2.95. The number of hydrogen-bond donors (Lipinski definition) is 0. The number of piperidine rings is 1. The first-order valence-corrected chi connectivity index (χ1v) is 4.91. The highest BCUT2D eigenvalue weighted by Crippen LogP contribution is 2.33. The molecule has 1 saturated heterocycles. The number of rotatable bonds is 2. The first kappa shape index (κ1) is 10.5. The van der Waals surface area contributed by atoms with Gasteiger partial charge in [0.15, 0.2) is 0 Å². The molecule has 3 heteroatoms. The van der Waals surface area contributed by atoms with E-state index in [0.29, 0.717) is 0 Å². The third kappa shape index (κ3) is 2.02. The zero-order valence-corrected chi connectivity index (χ0v) is 8.80. The van der Waals surface area contributed by atoms with Crippen LogP contribution in [0.3, 0.4) is 0 Å². The van der Waals surface area contributed by atoms with Crippen molar-refractivity contribution in [3.63, 3.8) is 0 Å². The van der Waals surface area contributed by atoms with E-state index in [1.165, 1.54) is 7.11 Å². The fourth-order valence-corrected chi connectivity index (χ4v) is 2.18. The smallest absolute Gasteiger partial charge is 0.313 e. The lowest BCUT2D eigenvalue weighted by atomic mass is 9.78. The second-order valence-electron chi connectivity index (χ2n) is 3.97. The van der Waals surface area contributed by atoms with Crippen molar-refractivity contribution in [3.8, 4) is 0 Å². The van der Waals surface area contributed by atoms with Crippen LogP contribution in [0.2, 0.25) is 0 Å². The molecule has 1 rings (SSSR count). The molecule has 1 fully saturated rings. The summed E-state index contributed by atoms with van der Waals surface area (Å²) >= 11 is 0. The quantitative estimate of drug-likeness (QED) is 0.607. The van der Waals surface area contributed by atoms with E-state index in [1.807, 2.05) is 0 Å². The number of nitrogens with zero attached hydrogens (tertiary/aromatic N) is 1. The van der Waals surface area contributed by atoms with Crippen LogP contribution in [0, 0.1) is 5.41 Å². The highest BCUT2D eigenvalue weighted by atomic mass is 16.5. The van der Waals surface area contributed by atoms with Crippen molar-refractivity contribution in [2.24, 2.45) is 5.41 Å². The van der Waals surface area contributed by atoms with Gasteiger partial charge >= 0.3 is 5.97 Å². The molecule has 0 aliphatic carbocycles. The summed E-state index contributed by atoms with van der Waals surface area (Å²) in [5.41, 5.74) is -0.234. The van der Waals surface area contributed by atoms with E-state index in [-0.39, 0.29) is 11.4 Å². The van der Waals surface area contributed by atoms with Gasteiger partial charge in [-0.15, -0.1) is 0 Å². The third-order valence-corrected chi connectivity index (χ3v) is 3.06. The number of ether oxygens (including phenoxy) is 1. The van der Waals surface area contributed by atoms with Crippen LogP contribution in [-0.4, -0.2) is 38.1 Å². The molecule has 13 heavy (non-hydrogen) atoms. The molecule has 0 aromatic carbocycles. The number of hydrogen-bond acceptors (Lipinski definition) is 3. The molecule has 0 aromatic rings. The summed E-state index contributed by atoms with van der Waals surface area (Å²) < 4.78 is 4.87. The summed E-state index contributed by atoms with van der Waals surface area (Å²) in [6.45, 7) is 4.00. The summed E-state index contributed by atoms with van der Waals surface area (Å²) in [4.78, 5) is 13.8. The molecule has 76 valence electrons. The minimum absolute atomic E-state index is 0.0402. The first-order chi connectivity index (χ1) is 6.14. The van der Waals surface area contributed by atoms with Crippen LogP contribution in [0.25, 0.3) is 0 Å². The molecular weight excluding hydrogens is 166 g/mol. The van der Waals surface area contributed by atoms with Crippen LogP contribution in [0.15, 0.2) is 0 Å². The Balaban J connectivity index is 2.73. The maximum absolute atomic E-state index is 11.6. The maximum Gasteiger partial charge on any atom is 0.313 e. The average molecular weight is 185 g/mol. The Morgan fingerprint density at radius 2 is 2.31 bits per heavy atom. The van der Waals surface area contributed by atoms with Crippen molar-refractivity contribution in [2.75, 3.05) is 27.2 Å². The molecule has 0 saturated carbocycles. The van der Waals surface area contributed by atoms with E-state index in [2.05, 4.69) is 18.9 Å². The van der Waals surface area contributed by atoms with Crippen LogP contribution in [-0.2, 0) is 9.53 Å². The predicted octanol–water partition coefficient (Wildman–Crippen LogP) is 1.28. The molecular formula is C10H19NO2. The summed E-state index contributed by atoms with van der Waals surface area (Å²) in [5.74, 6) is -0.0402. The summed E-state index contributed by atoms with van der Waals surface area (Å²) in [5, 5.41) is 0. The van der Waals surface area contributed by atoms with Crippen LogP contribution >= 0.6 is 0 Å². The Hall–Kier alpha value is -0.570. The van der Waals surface area contributed by atoms with E-state index in [4.69, 9.17) is 4.74 Å². The van der Waals surface area contributed by atoms with Gasteiger partial charge in [-0.25, -0.2) is 0 Å². The topological polar surface area (TPSA) is 29.5 Å². The van der Waals surface area contributed by atoms with Gasteiger partial charge in [0.1, 0.15) is 0 Å². The van der Waals surface area contributed by atoms with E-state index >= 15 is 0 Å². The largest absolute Gasteiger partial charge is 0.469 e. The van der Waals surface area contributed by atoms with Crippen molar-refractivity contribution in [1.82, 2.24) is 4.90 Å².